The van der Waals surface area contributed by atoms with E-state index < -0.39 is 5.60 Å². The van der Waals surface area contributed by atoms with Crippen molar-refractivity contribution >= 4 is 0 Å². The van der Waals surface area contributed by atoms with Gasteiger partial charge in [0.1, 0.15) is 0 Å². The van der Waals surface area contributed by atoms with Crippen LogP contribution in [-0.2, 0) is 17.6 Å². The number of hydrogen-bond donors (Lipinski definition) is 2. The molecule has 0 radical (unpaired) electrons. The van der Waals surface area contributed by atoms with Gasteiger partial charge in [-0.3, -0.25) is 0 Å². The van der Waals surface area contributed by atoms with Crippen LogP contribution in [0.25, 0.3) is 0 Å². The quantitative estimate of drug-likeness (QED) is 0.851. The minimum Gasteiger partial charge on any atom is -0.389 e. The molecule has 3 nitrogen and oxygen atoms in total. The number of aliphatic hydroxyl groups is 1. The lowest BCUT2D eigenvalue weighted by Crippen LogP contribution is -2.57. The van der Waals surface area contributed by atoms with Crippen LogP contribution in [0.4, 0.5) is 0 Å². The summed E-state index contributed by atoms with van der Waals surface area (Å²) in [6.07, 6.45) is 3.29. The molecule has 1 heterocycles. The van der Waals surface area contributed by atoms with Crippen LogP contribution in [0.1, 0.15) is 30.9 Å². The third-order valence-electron chi connectivity index (χ3n) is 5.10. The van der Waals surface area contributed by atoms with Gasteiger partial charge in [0.05, 0.1) is 11.7 Å². The van der Waals surface area contributed by atoms with Gasteiger partial charge in [-0.25, -0.2) is 0 Å². The fourth-order valence-corrected chi connectivity index (χ4v) is 3.90. The summed E-state index contributed by atoms with van der Waals surface area (Å²) < 4.78 is 5.60. The molecule has 1 fully saturated rings. The zero-order valence-corrected chi connectivity index (χ0v) is 11.6. The zero-order valence-electron chi connectivity index (χ0n) is 11.6. The first-order chi connectivity index (χ1) is 9.09. The van der Waals surface area contributed by atoms with Crippen molar-refractivity contribution in [2.45, 2.75) is 44.3 Å². The van der Waals surface area contributed by atoms with Gasteiger partial charge in [-0.2, -0.15) is 0 Å². The van der Waals surface area contributed by atoms with Crippen molar-refractivity contribution < 1.29 is 9.84 Å². The number of benzene rings is 1. The second kappa shape index (κ2) is 4.58. The van der Waals surface area contributed by atoms with Crippen LogP contribution in [-0.4, -0.2) is 30.0 Å². The first-order valence-corrected chi connectivity index (χ1v) is 7.19. The molecule has 3 heteroatoms. The second-order valence-electron chi connectivity index (χ2n) is 6.27. The molecule has 0 amide bonds. The highest BCUT2D eigenvalue weighted by Crippen LogP contribution is 2.49. The zero-order chi connectivity index (χ0) is 13.5. The second-order valence-corrected chi connectivity index (χ2v) is 6.27. The largest absolute Gasteiger partial charge is 0.389 e. The Balaban J connectivity index is 1.93. The van der Waals surface area contributed by atoms with E-state index in [1.54, 1.807) is 0 Å². The average molecular weight is 261 g/mol. The lowest BCUT2D eigenvalue weighted by atomic mass is 9.65. The molecule has 1 saturated heterocycles. The maximum atomic E-state index is 11.2. The highest BCUT2D eigenvalue weighted by Gasteiger charge is 2.53. The van der Waals surface area contributed by atoms with E-state index in [-0.39, 0.29) is 11.5 Å². The molecule has 1 aromatic carbocycles. The Labute approximate surface area is 114 Å². The molecule has 19 heavy (non-hydrogen) atoms. The molecule has 2 atom stereocenters. The van der Waals surface area contributed by atoms with Crippen molar-refractivity contribution in [1.82, 2.24) is 0 Å². The Morgan fingerprint density at radius 3 is 2.47 bits per heavy atom. The molecule has 1 aromatic rings. The van der Waals surface area contributed by atoms with Gasteiger partial charge in [-0.05, 0) is 30.9 Å². The van der Waals surface area contributed by atoms with Crippen molar-refractivity contribution in [3.8, 4) is 0 Å². The predicted molar refractivity (Wildman–Crippen MR) is 74.9 cm³/mol. The summed E-state index contributed by atoms with van der Waals surface area (Å²) in [5, 5.41) is 11.2. The Bertz CT molecular complexity index is 449. The fourth-order valence-electron chi connectivity index (χ4n) is 3.90. The van der Waals surface area contributed by atoms with Crippen LogP contribution in [0.2, 0.25) is 0 Å². The molecule has 3 rings (SSSR count). The van der Waals surface area contributed by atoms with E-state index in [0.29, 0.717) is 26.0 Å². The Kier molecular flexibility index (Phi) is 3.16. The van der Waals surface area contributed by atoms with Gasteiger partial charge in [0, 0.05) is 31.4 Å². The molecule has 2 aliphatic rings. The Morgan fingerprint density at radius 2 is 1.95 bits per heavy atom. The van der Waals surface area contributed by atoms with Gasteiger partial charge >= 0.3 is 0 Å². The van der Waals surface area contributed by atoms with Crippen molar-refractivity contribution in [1.29, 1.82) is 0 Å². The maximum absolute atomic E-state index is 11.2. The molecular formula is C16H23NO2. The summed E-state index contributed by atoms with van der Waals surface area (Å²) in [6, 6.07) is 8.47. The van der Waals surface area contributed by atoms with Crippen LogP contribution < -0.4 is 5.73 Å². The maximum Gasteiger partial charge on any atom is 0.0768 e. The molecular weight excluding hydrogens is 238 g/mol. The van der Waals surface area contributed by atoms with Crippen molar-refractivity contribution in [2.24, 2.45) is 11.1 Å². The van der Waals surface area contributed by atoms with E-state index >= 15 is 0 Å². The van der Waals surface area contributed by atoms with Gasteiger partial charge in [0.2, 0.25) is 0 Å². The smallest absolute Gasteiger partial charge is 0.0768 e. The third kappa shape index (κ3) is 2.00. The lowest BCUT2D eigenvalue weighted by molar-refractivity contribution is -0.159. The molecule has 0 saturated carbocycles. The molecule has 1 aliphatic carbocycles. The highest BCUT2D eigenvalue weighted by molar-refractivity contribution is 5.36. The van der Waals surface area contributed by atoms with Gasteiger partial charge in [-0.15, -0.1) is 0 Å². The highest BCUT2D eigenvalue weighted by atomic mass is 16.5. The normalized spacial score (nSPS) is 33.1. The van der Waals surface area contributed by atoms with E-state index in [2.05, 4.69) is 24.3 Å². The van der Waals surface area contributed by atoms with Crippen LogP contribution in [0.3, 0.4) is 0 Å². The summed E-state index contributed by atoms with van der Waals surface area (Å²) in [4.78, 5) is 0. The van der Waals surface area contributed by atoms with Crippen molar-refractivity contribution in [2.75, 3.05) is 13.2 Å². The molecule has 3 N–H and O–H groups in total. The fraction of sp³-hybridized carbons (Fsp3) is 0.625. The van der Waals surface area contributed by atoms with E-state index in [1.807, 2.05) is 6.92 Å². The van der Waals surface area contributed by atoms with Crippen LogP contribution in [0.15, 0.2) is 24.3 Å². The number of hydrogen-bond acceptors (Lipinski definition) is 3. The van der Waals surface area contributed by atoms with E-state index in [0.717, 1.165) is 12.8 Å². The number of nitrogens with two attached hydrogens (primary N) is 1. The Hall–Kier alpha value is -0.900. The van der Waals surface area contributed by atoms with E-state index in [9.17, 15) is 5.11 Å². The molecule has 0 aromatic heterocycles. The van der Waals surface area contributed by atoms with Gasteiger partial charge in [0.25, 0.3) is 0 Å². The van der Waals surface area contributed by atoms with Crippen LogP contribution >= 0.6 is 0 Å². The summed E-state index contributed by atoms with van der Waals surface area (Å²) in [5.74, 6) is 0. The third-order valence-corrected chi connectivity index (χ3v) is 5.10. The molecule has 2 unspecified atom stereocenters. The Morgan fingerprint density at radius 1 is 1.32 bits per heavy atom. The number of fused-ring (bicyclic) bond motifs is 1. The molecule has 1 aliphatic heterocycles. The summed E-state index contributed by atoms with van der Waals surface area (Å²) in [6.45, 7) is 3.21. The van der Waals surface area contributed by atoms with Crippen LogP contribution in [0.5, 0.6) is 0 Å². The van der Waals surface area contributed by atoms with Crippen LogP contribution in [0, 0.1) is 5.41 Å². The standard InChI is InChI=1S/C16H23NO2/c1-12-8-16(18,6-7-19-12)15(11-17)9-13-4-2-3-5-14(13)10-15/h2-5,12,18H,6-11,17H2,1H3. The first-order valence-electron chi connectivity index (χ1n) is 7.19. The average Bonchev–Trinajstić information content (AvgIpc) is 2.79. The first kappa shape index (κ1) is 13.1. The summed E-state index contributed by atoms with van der Waals surface area (Å²) >= 11 is 0. The topological polar surface area (TPSA) is 55.5 Å². The summed E-state index contributed by atoms with van der Waals surface area (Å²) in [5.41, 5.74) is 7.89. The minimum absolute atomic E-state index is 0.117. The molecule has 0 bridgehead atoms. The van der Waals surface area contributed by atoms with Gasteiger partial charge in [-0.1, -0.05) is 24.3 Å². The van der Waals surface area contributed by atoms with E-state index in [1.165, 1.54) is 11.1 Å². The number of ether oxygens (including phenoxy) is 1. The van der Waals surface area contributed by atoms with E-state index in [4.69, 9.17) is 10.5 Å². The SMILES string of the molecule is CC1CC(O)(C2(CN)Cc3ccccc3C2)CCO1. The van der Waals surface area contributed by atoms with Crippen molar-refractivity contribution in [3.05, 3.63) is 35.4 Å². The number of rotatable bonds is 2. The summed E-state index contributed by atoms with van der Waals surface area (Å²) in [7, 11) is 0. The molecule has 0 spiro atoms. The van der Waals surface area contributed by atoms with Gasteiger partial charge < -0.3 is 15.6 Å². The minimum atomic E-state index is -0.696. The lowest BCUT2D eigenvalue weighted by Gasteiger charge is -2.48. The van der Waals surface area contributed by atoms with Gasteiger partial charge in [0.15, 0.2) is 0 Å². The monoisotopic (exact) mass is 261 g/mol. The van der Waals surface area contributed by atoms with Crippen molar-refractivity contribution in [3.63, 3.8) is 0 Å². The predicted octanol–water partition coefficient (Wildman–Crippen LogP) is 1.66. The molecule has 104 valence electrons.